The van der Waals surface area contributed by atoms with Gasteiger partial charge in [-0.3, -0.25) is 9.59 Å². The minimum absolute atomic E-state index is 0.0539. The molecule has 0 saturated carbocycles. The van der Waals surface area contributed by atoms with Gasteiger partial charge in [0.1, 0.15) is 26.8 Å². The molecule has 0 radical (unpaired) electrons. The maximum atomic E-state index is 11.9. The Labute approximate surface area is 310 Å². The Kier molecular flexibility index (Phi) is 12.6. The predicted molar refractivity (Wildman–Crippen MR) is 195 cm³/mol. The van der Waals surface area contributed by atoms with Gasteiger partial charge in [-0.05, 0) is 87.6 Å². The summed E-state index contributed by atoms with van der Waals surface area (Å²) in [5, 5.41) is 18.4. The van der Waals surface area contributed by atoms with Gasteiger partial charge in [0.2, 0.25) is 5.69 Å². The van der Waals surface area contributed by atoms with Crippen LogP contribution in [0.1, 0.15) is 90.2 Å². The van der Waals surface area contributed by atoms with Crippen LogP contribution in [0.4, 0.5) is 11.4 Å². The summed E-state index contributed by atoms with van der Waals surface area (Å²) in [5.74, 6) is -1.73. The molecule has 0 aromatic heterocycles. The second-order valence-electron chi connectivity index (χ2n) is 14.1. The van der Waals surface area contributed by atoms with Crippen LogP contribution in [0.3, 0.4) is 0 Å². The first-order valence-electron chi connectivity index (χ1n) is 17.0. The lowest BCUT2D eigenvalue weighted by molar-refractivity contribution is -0.438. The van der Waals surface area contributed by atoms with E-state index in [2.05, 4.69) is 0 Å². The van der Waals surface area contributed by atoms with Gasteiger partial charge >= 0.3 is 11.9 Å². The molecule has 12 nitrogen and oxygen atoms in total. The average molecular weight is 776 g/mol. The van der Waals surface area contributed by atoms with Crippen molar-refractivity contribution in [3.05, 3.63) is 82.6 Å². The first-order chi connectivity index (χ1) is 24.2. The summed E-state index contributed by atoms with van der Waals surface area (Å²) in [6.07, 6.45) is 10.9. The first kappa shape index (κ1) is 40.9. The van der Waals surface area contributed by atoms with Crippen molar-refractivity contribution >= 4 is 60.9 Å². The van der Waals surface area contributed by atoms with Crippen LogP contribution >= 0.6 is 11.6 Å². The number of hydrogen-bond donors (Lipinski definition) is 2. The summed E-state index contributed by atoms with van der Waals surface area (Å²) >= 11 is 6.84. The molecular weight excluding hydrogens is 732 g/mol. The summed E-state index contributed by atoms with van der Waals surface area (Å²) in [5.41, 5.74) is 2.88. The van der Waals surface area contributed by atoms with Crippen molar-refractivity contribution in [1.29, 1.82) is 0 Å². The molecule has 2 aliphatic rings. The molecule has 2 aromatic rings. The fourth-order valence-electron chi connectivity index (χ4n) is 6.92. The van der Waals surface area contributed by atoms with Crippen LogP contribution in [0.25, 0.3) is 0 Å². The Morgan fingerprint density at radius 2 is 1.37 bits per heavy atom. The Balaban J connectivity index is 1.69. The summed E-state index contributed by atoms with van der Waals surface area (Å²) < 4.78 is 73.3. The van der Waals surface area contributed by atoms with Crippen molar-refractivity contribution in [3.8, 4) is 0 Å². The van der Waals surface area contributed by atoms with Crippen LogP contribution in [0, 0.1) is 0 Å². The molecule has 15 heteroatoms. The van der Waals surface area contributed by atoms with Crippen LogP contribution in [0.5, 0.6) is 0 Å². The summed E-state index contributed by atoms with van der Waals surface area (Å²) in [4.78, 5) is 23.3. The third kappa shape index (κ3) is 9.39. The molecule has 0 spiro atoms. The van der Waals surface area contributed by atoms with Crippen molar-refractivity contribution in [2.45, 2.75) is 99.7 Å². The summed E-state index contributed by atoms with van der Waals surface area (Å²) in [6, 6.07) is 8.59. The van der Waals surface area contributed by atoms with E-state index in [1.54, 1.807) is 30.4 Å². The topological polar surface area (TPSA) is 195 Å². The molecule has 4 rings (SSSR count). The second-order valence-corrected chi connectivity index (χ2v) is 17.2. The van der Waals surface area contributed by atoms with Crippen molar-refractivity contribution in [1.82, 2.24) is 0 Å². The zero-order chi connectivity index (χ0) is 38.6. The van der Waals surface area contributed by atoms with Crippen LogP contribution in [0.2, 0.25) is 0 Å². The number of fused-ring (bicyclic) bond motifs is 2. The van der Waals surface area contributed by atoms with Crippen LogP contribution in [-0.2, 0) is 40.7 Å². The molecular formula is C37H44ClN2O10S2-. The van der Waals surface area contributed by atoms with Gasteiger partial charge in [0.05, 0.1) is 15.2 Å². The standard InChI is InChI=1S/C37H45ClN2O10S2/c1-36(2)28-23-26(51(45,46)47)16-18-30(28)39(20-9-5-7-14-34(41)42)32(36)13-11-12-25(38)22-33-37(3,4)29-24-27(52(48,49)50)17-19-31(29)40(33)21-10-6-8-15-35(43)44/h11-13,16-19,22-24H,5-10,14-15,20-21H2,1-4H3,(H3-,41,42,43,44,45,46,47,48,49,50)/p-1. The molecule has 0 fully saturated rings. The molecule has 0 amide bonds. The summed E-state index contributed by atoms with van der Waals surface area (Å²) in [6.45, 7) is 8.68. The van der Waals surface area contributed by atoms with Crippen molar-refractivity contribution in [2.24, 2.45) is 0 Å². The molecule has 0 saturated heterocycles. The van der Waals surface area contributed by atoms with Gasteiger partial charge in [-0.2, -0.15) is 4.58 Å². The lowest BCUT2D eigenvalue weighted by Crippen LogP contribution is -2.28. The fourth-order valence-corrected chi connectivity index (χ4v) is 8.09. The van der Waals surface area contributed by atoms with Gasteiger partial charge in [0.25, 0.3) is 0 Å². The van der Waals surface area contributed by atoms with Gasteiger partial charge in [-0.25, -0.2) is 16.8 Å². The Morgan fingerprint density at radius 1 is 0.808 bits per heavy atom. The second kappa shape index (κ2) is 16.0. The van der Waals surface area contributed by atoms with Crippen LogP contribution in [0.15, 0.2) is 81.2 Å². The monoisotopic (exact) mass is 775 g/mol. The van der Waals surface area contributed by atoms with E-state index < -0.39 is 43.0 Å². The SMILES string of the molecule is CC1(C)C(=CC(Cl)=CC=CC2=[N+](CCCCCC(=O)O)c3ccc(S(=O)(=O)[O-])cc3C2(C)C)N(CCCCCC(=O)O)c2ccc(S(=O)(=O)[O-])cc21. The lowest BCUT2D eigenvalue weighted by atomic mass is 9.81. The zero-order valence-corrected chi connectivity index (χ0v) is 32.0. The van der Waals surface area contributed by atoms with Gasteiger partial charge in [-0.1, -0.05) is 37.9 Å². The van der Waals surface area contributed by atoms with Gasteiger partial charge in [0.15, 0.2) is 5.71 Å². The number of allylic oxidation sites excluding steroid dienone is 6. The highest BCUT2D eigenvalue weighted by molar-refractivity contribution is 7.86. The highest BCUT2D eigenvalue weighted by Gasteiger charge is 2.44. The number of nitrogens with zero attached hydrogens (tertiary/aromatic N) is 2. The van der Waals surface area contributed by atoms with E-state index in [9.17, 15) is 35.5 Å². The zero-order valence-electron chi connectivity index (χ0n) is 29.6. The number of rotatable bonds is 17. The highest BCUT2D eigenvalue weighted by atomic mass is 35.5. The Morgan fingerprint density at radius 3 is 1.94 bits per heavy atom. The van der Waals surface area contributed by atoms with Gasteiger partial charge < -0.3 is 24.2 Å². The number of hydrogen-bond acceptors (Lipinski definition) is 9. The lowest BCUT2D eigenvalue weighted by Gasteiger charge is -2.27. The number of aliphatic carboxylic acids is 2. The van der Waals surface area contributed by atoms with E-state index in [-0.39, 0.29) is 22.6 Å². The third-order valence-electron chi connectivity index (χ3n) is 9.63. The predicted octanol–water partition coefficient (Wildman–Crippen LogP) is 6.52. The first-order valence-corrected chi connectivity index (χ1v) is 20.2. The van der Waals surface area contributed by atoms with E-state index in [1.165, 1.54) is 24.3 Å². The van der Waals surface area contributed by atoms with E-state index in [4.69, 9.17) is 21.8 Å². The van der Waals surface area contributed by atoms with Crippen LogP contribution in [-0.4, -0.2) is 71.5 Å². The molecule has 2 heterocycles. The largest absolute Gasteiger partial charge is 0.744 e. The van der Waals surface area contributed by atoms with Gasteiger partial charge in [-0.15, -0.1) is 0 Å². The number of carbonyl (C=O) groups is 2. The van der Waals surface area contributed by atoms with Crippen molar-refractivity contribution < 1.29 is 50.3 Å². The minimum atomic E-state index is -4.71. The maximum Gasteiger partial charge on any atom is 0.303 e. The minimum Gasteiger partial charge on any atom is -0.744 e. The quantitative estimate of drug-likeness (QED) is 0.0768. The molecule has 2 N–H and O–H groups in total. The Bertz CT molecular complexity index is 2080. The summed E-state index contributed by atoms with van der Waals surface area (Å²) in [7, 11) is -9.40. The number of anilines is 1. The number of carboxylic acids is 2. The maximum absolute atomic E-state index is 11.9. The molecule has 0 atom stereocenters. The van der Waals surface area contributed by atoms with E-state index in [0.717, 1.165) is 22.8 Å². The van der Waals surface area contributed by atoms with E-state index in [1.807, 2.05) is 43.2 Å². The molecule has 0 aliphatic carbocycles. The molecule has 282 valence electrons. The normalized spacial score (nSPS) is 17.6. The van der Waals surface area contributed by atoms with Crippen molar-refractivity contribution in [3.63, 3.8) is 0 Å². The number of halogens is 1. The van der Waals surface area contributed by atoms with Gasteiger partial charge in [0, 0.05) is 65.3 Å². The van der Waals surface area contributed by atoms with Crippen LogP contribution < -0.4 is 4.90 Å². The highest BCUT2D eigenvalue weighted by Crippen LogP contribution is 2.49. The van der Waals surface area contributed by atoms with E-state index >= 15 is 0 Å². The average Bonchev–Trinajstić information content (AvgIpc) is 3.37. The number of unbranched alkanes of at least 4 members (excludes halogenated alkanes) is 4. The molecule has 0 unspecified atom stereocenters. The van der Waals surface area contributed by atoms with Crippen molar-refractivity contribution in [2.75, 3.05) is 18.0 Å². The molecule has 52 heavy (non-hydrogen) atoms. The van der Waals surface area contributed by atoms with E-state index in [0.29, 0.717) is 67.8 Å². The number of benzene rings is 2. The molecule has 2 aliphatic heterocycles. The third-order valence-corrected chi connectivity index (χ3v) is 11.5. The smallest absolute Gasteiger partial charge is 0.303 e. The molecule has 0 bridgehead atoms. The molecule has 2 aromatic carbocycles. The fraction of sp³-hybridized carbons (Fsp3) is 0.432. The number of carboxylic acid groups (broad SMARTS) is 2. The Hall–Kier alpha value is -3.82.